The zero-order valence-corrected chi connectivity index (χ0v) is 59.6. The third-order valence-electron chi connectivity index (χ3n) is 18.2. The summed E-state index contributed by atoms with van der Waals surface area (Å²) in [6.45, 7) is 19.7. The molecule has 0 radical (unpaired) electrons. The second-order valence-electron chi connectivity index (χ2n) is 26.3. The van der Waals surface area contributed by atoms with Crippen LogP contribution in [-0.2, 0) is 17.6 Å². The Bertz CT molecular complexity index is 4590. The molecule has 27 heteroatoms. The summed E-state index contributed by atoms with van der Waals surface area (Å²) in [6, 6.07) is 33.6. The standard InChI is InChI=1S/C35H37FN10OS.C29H27FN8S.C10H20N2O2/c1-3-28-33(43(2)35-42-32(29(20-37)48-35)23-4-8-26(36)9-5-23)46-22-25(7-11-31(46)41-28)24-6-10-30(39-21-24)44-16-18-45(19-17-44)34(47)40-27-12-14-38-15-13-27;1-3-23-28(36(2)29-35-27(24(16-31)39-29)19-4-8-22(30)9-5-19)38-18-21(7-11-26(38)34-23)20-6-10-25(33-17-20)37-14-12-32-13-15-37;1-10(2,3)14-9(13)12-6-4-8(11)5-7-12/h4-11,21-22,27,38H,3,12-19H2,1-2H3,(H,40,47);4-11,17-18,32H,3,12-15H2,1-2H3;8H,4-7,11H2,1-3H3. The van der Waals surface area contributed by atoms with Gasteiger partial charge in [0.05, 0.1) is 11.4 Å². The molecule has 0 spiro atoms. The van der Waals surface area contributed by atoms with E-state index in [4.69, 9.17) is 40.4 Å². The number of carbonyl (C=O) groups excluding carboxylic acids is 2. The number of carbonyl (C=O) groups is 2. The summed E-state index contributed by atoms with van der Waals surface area (Å²) < 4.78 is 36.4. The van der Waals surface area contributed by atoms with Crippen molar-refractivity contribution in [3.05, 3.63) is 155 Å². The first-order chi connectivity index (χ1) is 48.8. The summed E-state index contributed by atoms with van der Waals surface area (Å²) in [7, 11) is 3.87. The van der Waals surface area contributed by atoms with Crippen molar-refractivity contribution in [2.75, 3.05) is 112 Å². The molecule has 4 aliphatic heterocycles. The van der Waals surface area contributed by atoms with Gasteiger partial charge in [0.1, 0.15) is 85.1 Å². The maximum absolute atomic E-state index is 13.6. The number of amides is 3. The molecule has 524 valence electrons. The highest BCUT2D eigenvalue weighted by molar-refractivity contribution is 7.17. The molecule has 2 aromatic carbocycles. The Morgan fingerprint density at radius 1 is 0.584 bits per heavy atom. The van der Waals surface area contributed by atoms with Gasteiger partial charge in [0.15, 0.2) is 10.3 Å². The molecule has 0 saturated carbocycles. The van der Waals surface area contributed by atoms with Crippen molar-refractivity contribution in [3.8, 4) is 56.9 Å². The Hall–Kier alpha value is -10.2. The quantitative estimate of drug-likeness (QED) is 0.0836. The number of piperidine rings is 2. The molecule has 0 bridgehead atoms. The SMILES string of the molecule is CC(C)(C)OC(=O)N1CCC(N)CC1.CCc1nc2ccc(-c3ccc(N4CCN(C(=O)NC5CCNCC5)CC4)nc3)cn2c1N(C)c1nc(-c2ccc(F)cc2)c(C#N)s1.CCc1nc2ccc(-c3ccc(N4CCNCC4)nc3)cn2c1N(C)c1nc(-c2ccc(F)cc2)c(C#N)s1. The lowest BCUT2D eigenvalue weighted by molar-refractivity contribution is 0.0206. The number of rotatable bonds is 13. The average Bonchev–Trinajstić information content (AvgIpc) is 1.63. The Balaban J connectivity index is 0.000000163. The second kappa shape index (κ2) is 31.6. The van der Waals surface area contributed by atoms with Gasteiger partial charge in [-0.05, 0) is 169 Å². The molecule has 14 rings (SSSR count). The van der Waals surface area contributed by atoms with Crippen LogP contribution in [0.3, 0.4) is 0 Å². The predicted molar refractivity (Wildman–Crippen MR) is 394 cm³/mol. The maximum atomic E-state index is 13.6. The molecule has 12 heterocycles. The summed E-state index contributed by atoms with van der Waals surface area (Å²) in [5, 5.41) is 30.9. The number of likely N-dealkylation sites (tertiary alicyclic amines) is 1. The van der Waals surface area contributed by atoms with Crippen LogP contribution in [0.25, 0.3) is 56.1 Å². The normalized spacial score (nSPS) is 15.3. The molecule has 0 unspecified atom stereocenters. The minimum atomic E-state index is -0.406. The number of pyridine rings is 4. The first-order valence-corrected chi connectivity index (χ1v) is 35.9. The van der Waals surface area contributed by atoms with E-state index in [9.17, 15) is 28.9 Å². The fraction of sp³-hybridized carbons (Fsp3) is 0.378. The number of imidazole rings is 2. The summed E-state index contributed by atoms with van der Waals surface area (Å²) in [6.07, 6.45) is 12.9. The first kappa shape index (κ1) is 70.7. The number of nitrogens with zero attached hydrogens (tertiary/aromatic N) is 16. The van der Waals surface area contributed by atoms with Crippen LogP contribution in [0, 0.1) is 34.3 Å². The average molecular weight is 1400 g/mol. The number of fused-ring (bicyclic) bond motifs is 2. The number of anilines is 6. The molecular formula is C74H84F2N20O3S2. The van der Waals surface area contributed by atoms with Gasteiger partial charge in [-0.15, -0.1) is 0 Å². The van der Waals surface area contributed by atoms with E-state index in [1.165, 1.54) is 46.9 Å². The number of aryl methyl sites for hydroxylation is 2. The molecule has 10 aromatic rings. The number of hydrogen-bond acceptors (Lipinski definition) is 20. The van der Waals surface area contributed by atoms with Crippen molar-refractivity contribution in [1.82, 2.24) is 64.5 Å². The number of nitrogens with two attached hydrogens (primary N) is 1. The van der Waals surface area contributed by atoms with E-state index < -0.39 is 5.60 Å². The number of nitriles is 2. The predicted octanol–water partition coefficient (Wildman–Crippen LogP) is 12.1. The van der Waals surface area contributed by atoms with Crippen molar-refractivity contribution in [2.24, 2.45) is 5.73 Å². The molecule has 0 atom stereocenters. The number of ether oxygens (including phenoxy) is 1. The largest absolute Gasteiger partial charge is 0.444 e. The summed E-state index contributed by atoms with van der Waals surface area (Å²) in [5.41, 5.74) is 15.3. The molecule has 5 N–H and O–H groups in total. The van der Waals surface area contributed by atoms with E-state index in [1.54, 1.807) is 29.2 Å². The molecule has 101 heavy (non-hydrogen) atoms. The third-order valence-corrected chi connectivity index (χ3v) is 20.3. The summed E-state index contributed by atoms with van der Waals surface area (Å²) >= 11 is 2.60. The van der Waals surface area contributed by atoms with Gasteiger partial charge in [-0.2, -0.15) is 10.5 Å². The van der Waals surface area contributed by atoms with Crippen LogP contribution < -0.4 is 41.3 Å². The Labute approximate surface area is 594 Å². The van der Waals surface area contributed by atoms with Crippen LogP contribution in [0.2, 0.25) is 0 Å². The minimum Gasteiger partial charge on any atom is -0.444 e. The molecule has 4 aliphatic rings. The lowest BCUT2D eigenvalue weighted by Gasteiger charge is -2.36. The highest BCUT2D eigenvalue weighted by Gasteiger charge is 2.29. The fourth-order valence-electron chi connectivity index (χ4n) is 12.7. The van der Waals surface area contributed by atoms with Gasteiger partial charge in [-0.25, -0.2) is 48.3 Å². The topological polar surface area (TPSA) is 259 Å². The van der Waals surface area contributed by atoms with Gasteiger partial charge in [-0.3, -0.25) is 8.80 Å². The smallest absolute Gasteiger partial charge is 0.410 e. The van der Waals surface area contributed by atoms with Crippen LogP contribution in [-0.4, -0.2) is 171 Å². The van der Waals surface area contributed by atoms with Crippen molar-refractivity contribution >= 4 is 79.6 Å². The maximum Gasteiger partial charge on any atom is 0.410 e. The minimum absolute atomic E-state index is 0.0321. The second-order valence-corrected chi connectivity index (χ2v) is 28.2. The number of halogens is 2. The lowest BCUT2D eigenvalue weighted by Crippen LogP contribution is -2.54. The number of hydrogen-bond donors (Lipinski definition) is 4. The molecule has 4 saturated heterocycles. The molecule has 23 nitrogen and oxygen atoms in total. The van der Waals surface area contributed by atoms with E-state index in [1.807, 2.05) is 86.2 Å². The molecule has 8 aromatic heterocycles. The van der Waals surface area contributed by atoms with Gasteiger partial charge in [0, 0.05) is 150 Å². The zero-order chi connectivity index (χ0) is 70.9. The van der Waals surface area contributed by atoms with Crippen molar-refractivity contribution < 1.29 is 23.1 Å². The van der Waals surface area contributed by atoms with Crippen molar-refractivity contribution in [2.45, 2.75) is 90.8 Å². The zero-order valence-electron chi connectivity index (χ0n) is 58.0. The number of benzene rings is 2. The number of nitrogens with one attached hydrogen (secondary N) is 3. The molecule has 0 aliphatic carbocycles. The van der Waals surface area contributed by atoms with Crippen molar-refractivity contribution in [1.29, 1.82) is 10.5 Å². The van der Waals surface area contributed by atoms with Crippen LogP contribution in [0.5, 0.6) is 0 Å². The number of piperazine rings is 2. The molecule has 3 amide bonds. The van der Waals surface area contributed by atoms with Gasteiger partial charge < -0.3 is 55.8 Å². The van der Waals surface area contributed by atoms with Crippen LogP contribution in [0.4, 0.5) is 51.9 Å². The van der Waals surface area contributed by atoms with E-state index in [0.29, 0.717) is 62.0 Å². The summed E-state index contributed by atoms with van der Waals surface area (Å²) in [4.78, 5) is 66.3. The number of urea groups is 1. The highest BCUT2D eigenvalue weighted by Crippen LogP contribution is 2.40. The monoisotopic (exact) mass is 1400 g/mol. The van der Waals surface area contributed by atoms with E-state index in [2.05, 4.69) is 97.2 Å². The number of aromatic nitrogens is 8. The third kappa shape index (κ3) is 16.5. The Morgan fingerprint density at radius 3 is 1.45 bits per heavy atom. The van der Waals surface area contributed by atoms with E-state index in [-0.39, 0.29) is 35.8 Å². The van der Waals surface area contributed by atoms with Crippen LogP contribution >= 0.6 is 22.7 Å². The molecular weight excluding hydrogens is 1320 g/mol. The van der Waals surface area contributed by atoms with Crippen molar-refractivity contribution in [3.63, 3.8) is 0 Å². The van der Waals surface area contributed by atoms with Gasteiger partial charge >= 0.3 is 12.1 Å². The van der Waals surface area contributed by atoms with Gasteiger partial charge in [-0.1, -0.05) is 36.5 Å². The Morgan fingerprint density at radius 2 is 1.02 bits per heavy atom. The van der Waals surface area contributed by atoms with E-state index in [0.717, 1.165) is 166 Å². The lowest BCUT2D eigenvalue weighted by atomic mass is 10.1. The first-order valence-electron chi connectivity index (χ1n) is 34.3. The summed E-state index contributed by atoms with van der Waals surface area (Å²) in [5.74, 6) is 2.98. The van der Waals surface area contributed by atoms with Crippen LogP contribution in [0.1, 0.15) is 81.4 Å². The molecule has 4 fully saturated rings. The fourth-order valence-corrected chi connectivity index (χ4v) is 14.4. The Kier molecular flexibility index (Phi) is 22.1. The van der Waals surface area contributed by atoms with E-state index >= 15 is 0 Å². The van der Waals surface area contributed by atoms with Gasteiger partial charge in [0.25, 0.3) is 0 Å². The highest BCUT2D eigenvalue weighted by atomic mass is 32.1. The van der Waals surface area contributed by atoms with Crippen LogP contribution in [0.15, 0.2) is 122 Å². The number of thiazole rings is 2. The van der Waals surface area contributed by atoms with Gasteiger partial charge in [0.2, 0.25) is 0 Å².